The molecule has 0 atom stereocenters. The summed E-state index contributed by atoms with van der Waals surface area (Å²) >= 11 is 0. The van der Waals surface area contributed by atoms with Crippen molar-refractivity contribution in [1.82, 2.24) is 9.97 Å². The number of nitrogens with one attached hydrogen (secondary N) is 2. The molecule has 1 aromatic carbocycles. The average Bonchev–Trinajstić information content (AvgIpc) is 3.09. The van der Waals surface area contributed by atoms with Crippen molar-refractivity contribution in [3.8, 4) is 17.3 Å². The minimum absolute atomic E-state index is 0.0121. The van der Waals surface area contributed by atoms with E-state index in [1.807, 2.05) is 6.07 Å². The number of ether oxygens (including phenoxy) is 1. The number of anilines is 1. The third-order valence-electron chi connectivity index (χ3n) is 3.84. The molecule has 0 fully saturated rings. The first kappa shape index (κ1) is 18.9. The van der Waals surface area contributed by atoms with Gasteiger partial charge in [-0.2, -0.15) is 18.4 Å². The highest BCUT2D eigenvalue weighted by Crippen LogP contribution is 2.38. The number of amides is 1. The number of esters is 1. The number of nitrogens with zero attached hydrogens (tertiary/aromatic N) is 2. The number of methoxy groups -OCH3 is 1. The molecule has 0 radical (unpaired) electrons. The van der Waals surface area contributed by atoms with Crippen LogP contribution in [-0.2, 0) is 20.5 Å². The van der Waals surface area contributed by atoms with Crippen LogP contribution in [0, 0.1) is 11.3 Å². The number of carbonyl (C=O) groups excluding carboxylic acids is 2. The van der Waals surface area contributed by atoms with Crippen molar-refractivity contribution in [2.75, 3.05) is 12.4 Å². The van der Waals surface area contributed by atoms with Gasteiger partial charge in [-0.05, 0) is 36.4 Å². The van der Waals surface area contributed by atoms with E-state index >= 15 is 0 Å². The number of fused-ring (bicyclic) bond motifs is 1. The van der Waals surface area contributed by atoms with Crippen molar-refractivity contribution >= 4 is 28.7 Å². The fourth-order valence-electron chi connectivity index (χ4n) is 2.56. The Morgan fingerprint density at radius 3 is 2.61 bits per heavy atom. The number of rotatable bonds is 2. The Labute approximate surface area is 155 Å². The lowest BCUT2D eigenvalue weighted by Crippen LogP contribution is -2.24. The zero-order chi connectivity index (χ0) is 20.5. The molecule has 0 unspecified atom stereocenters. The Bertz CT molecular complexity index is 1130. The summed E-state index contributed by atoms with van der Waals surface area (Å²) in [5.41, 5.74) is -0.751. The van der Waals surface area contributed by atoms with Crippen LogP contribution in [0.25, 0.3) is 22.3 Å². The van der Waals surface area contributed by atoms with Gasteiger partial charge in [0.1, 0.15) is 11.5 Å². The van der Waals surface area contributed by atoms with Gasteiger partial charge < -0.3 is 15.0 Å². The van der Waals surface area contributed by atoms with Crippen LogP contribution < -0.4 is 5.32 Å². The Morgan fingerprint density at radius 2 is 1.96 bits per heavy atom. The summed E-state index contributed by atoms with van der Waals surface area (Å²) in [4.78, 5) is 29.5. The molecule has 2 heterocycles. The third-order valence-corrected chi connectivity index (χ3v) is 3.84. The molecule has 7 nitrogen and oxygen atoms in total. The molecule has 0 aliphatic rings. The Hall–Kier alpha value is -3.87. The molecule has 0 saturated carbocycles. The maximum absolute atomic E-state index is 13.3. The van der Waals surface area contributed by atoms with Gasteiger partial charge in [0.2, 0.25) is 0 Å². The molecule has 0 spiro atoms. The average molecular weight is 388 g/mol. The molecule has 1 amide bonds. The quantitative estimate of drug-likeness (QED) is 0.518. The molecule has 0 aliphatic carbocycles. The lowest BCUT2D eigenvalue weighted by molar-refractivity contribution is -0.150. The normalized spacial score (nSPS) is 11.1. The number of pyridine rings is 1. The van der Waals surface area contributed by atoms with E-state index in [2.05, 4.69) is 20.0 Å². The van der Waals surface area contributed by atoms with Crippen molar-refractivity contribution in [2.45, 2.75) is 6.18 Å². The second kappa shape index (κ2) is 7.03. The first-order valence-electron chi connectivity index (χ1n) is 7.73. The number of carbonyl (C=O) groups is 2. The van der Waals surface area contributed by atoms with E-state index < -0.39 is 23.6 Å². The van der Waals surface area contributed by atoms with E-state index in [4.69, 9.17) is 5.26 Å². The monoisotopic (exact) mass is 388 g/mol. The number of hydrogen-bond acceptors (Lipinski definition) is 5. The molecular weight excluding hydrogens is 377 g/mol. The molecule has 3 rings (SSSR count). The number of H-pyrrole nitrogens is 1. The predicted octanol–water partition coefficient (Wildman–Crippen LogP) is 3.23. The fourth-order valence-corrected chi connectivity index (χ4v) is 2.56. The van der Waals surface area contributed by atoms with Gasteiger partial charge >= 0.3 is 18.1 Å². The van der Waals surface area contributed by atoms with Gasteiger partial charge in [0, 0.05) is 16.6 Å². The number of aromatic nitrogens is 2. The number of alkyl halides is 3. The summed E-state index contributed by atoms with van der Waals surface area (Å²) in [5, 5.41) is 11.7. The number of benzene rings is 1. The molecule has 28 heavy (non-hydrogen) atoms. The van der Waals surface area contributed by atoms with Crippen LogP contribution in [0.15, 0.2) is 36.4 Å². The first-order chi connectivity index (χ1) is 13.2. The molecule has 10 heteroatoms. The highest BCUT2D eigenvalue weighted by molar-refractivity contribution is 6.37. The molecule has 2 N–H and O–H groups in total. The highest BCUT2D eigenvalue weighted by Gasteiger charge is 2.34. The minimum atomic E-state index is -4.62. The number of nitriles is 1. The Kier molecular flexibility index (Phi) is 4.75. The van der Waals surface area contributed by atoms with Crippen molar-refractivity contribution < 1.29 is 27.5 Å². The van der Waals surface area contributed by atoms with Gasteiger partial charge in [0.25, 0.3) is 0 Å². The van der Waals surface area contributed by atoms with Crippen LogP contribution >= 0.6 is 0 Å². The van der Waals surface area contributed by atoms with Gasteiger partial charge in [-0.25, -0.2) is 9.78 Å². The van der Waals surface area contributed by atoms with Gasteiger partial charge in [-0.3, -0.25) is 4.79 Å². The second-order valence-corrected chi connectivity index (χ2v) is 5.63. The summed E-state index contributed by atoms with van der Waals surface area (Å²) in [6, 6.07) is 9.21. The zero-order valence-corrected chi connectivity index (χ0v) is 14.2. The van der Waals surface area contributed by atoms with Crippen molar-refractivity contribution in [2.24, 2.45) is 0 Å². The van der Waals surface area contributed by atoms with Crippen LogP contribution in [0.1, 0.15) is 11.1 Å². The van der Waals surface area contributed by atoms with Crippen molar-refractivity contribution in [3.63, 3.8) is 0 Å². The number of aromatic amines is 1. The van der Waals surface area contributed by atoms with E-state index in [-0.39, 0.29) is 28.3 Å². The fraction of sp³-hybridized carbons (Fsp3) is 0.111. The standard InChI is InChI=1S/C18H11F3N4O3/c1-28-17(27)16(26)25-14-5-3-10-7-13(23-15(10)24-14)11-6-9(8-22)2-4-12(11)18(19,20)21/h2-7H,1H3,(H2,23,24,25,26). The van der Waals surface area contributed by atoms with Gasteiger partial charge in [-0.1, -0.05) is 0 Å². The summed E-state index contributed by atoms with van der Waals surface area (Å²) < 4.78 is 44.3. The predicted molar refractivity (Wildman–Crippen MR) is 91.9 cm³/mol. The zero-order valence-electron chi connectivity index (χ0n) is 14.2. The van der Waals surface area contributed by atoms with Crippen LogP contribution in [0.5, 0.6) is 0 Å². The number of halogens is 3. The van der Waals surface area contributed by atoms with E-state index in [0.29, 0.717) is 5.39 Å². The molecule has 0 saturated heterocycles. The highest BCUT2D eigenvalue weighted by atomic mass is 19.4. The topological polar surface area (TPSA) is 108 Å². The summed E-state index contributed by atoms with van der Waals surface area (Å²) in [6.45, 7) is 0. The van der Waals surface area contributed by atoms with Gasteiger partial charge in [0.05, 0.1) is 24.3 Å². The maximum Gasteiger partial charge on any atom is 0.417 e. The lowest BCUT2D eigenvalue weighted by Gasteiger charge is -2.12. The summed E-state index contributed by atoms with van der Waals surface area (Å²) in [6.07, 6.45) is -4.62. The maximum atomic E-state index is 13.3. The second-order valence-electron chi connectivity index (χ2n) is 5.63. The molecule has 0 aliphatic heterocycles. The molecular formula is C18H11F3N4O3. The number of hydrogen-bond donors (Lipinski definition) is 2. The first-order valence-corrected chi connectivity index (χ1v) is 7.73. The van der Waals surface area contributed by atoms with Crippen LogP contribution in [0.2, 0.25) is 0 Å². The Balaban J connectivity index is 2.05. The summed E-state index contributed by atoms with van der Waals surface area (Å²) in [7, 11) is 1.05. The Morgan fingerprint density at radius 1 is 1.21 bits per heavy atom. The van der Waals surface area contributed by atoms with Gasteiger partial charge in [-0.15, -0.1) is 0 Å². The van der Waals surface area contributed by atoms with E-state index in [1.54, 1.807) is 0 Å². The van der Waals surface area contributed by atoms with E-state index in [9.17, 15) is 22.8 Å². The van der Waals surface area contributed by atoms with Crippen LogP contribution in [0.3, 0.4) is 0 Å². The van der Waals surface area contributed by atoms with Crippen LogP contribution in [0.4, 0.5) is 19.0 Å². The SMILES string of the molecule is COC(=O)C(=O)Nc1ccc2cc(-c3cc(C#N)ccc3C(F)(F)F)[nH]c2n1. The van der Waals surface area contributed by atoms with E-state index in [1.165, 1.54) is 18.2 Å². The van der Waals surface area contributed by atoms with E-state index in [0.717, 1.165) is 25.3 Å². The lowest BCUT2D eigenvalue weighted by atomic mass is 10.0. The van der Waals surface area contributed by atoms with Gasteiger partial charge in [0.15, 0.2) is 0 Å². The largest absolute Gasteiger partial charge is 0.462 e. The third kappa shape index (κ3) is 3.64. The molecule has 142 valence electrons. The van der Waals surface area contributed by atoms with Crippen molar-refractivity contribution in [1.29, 1.82) is 5.26 Å². The summed E-state index contributed by atoms with van der Waals surface area (Å²) in [5.74, 6) is -2.14. The molecule has 2 aromatic heterocycles. The van der Waals surface area contributed by atoms with Crippen LogP contribution in [-0.4, -0.2) is 29.0 Å². The molecule has 3 aromatic rings. The minimum Gasteiger partial charge on any atom is -0.462 e. The smallest absolute Gasteiger partial charge is 0.417 e. The van der Waals surface area contributed by atoms with Crippen molar-refractivity contribution in [3.05, 3.63) is 47.5 Å². The molecule has 0 bridgehead atoms.